The summed E-state index contributed by atoms with van der Waals surface area (Å²) < 4.78 is 0. The van der Waals surface area contributed by atoms with Crippen molar-refractivity contribution in [2.24, 2.45) is 11.7 Å². The van der Waals surface area contributed by atoms with E-state index in [4.69, 9.17) is 10.8 Å². The summed E-state index contributed by atoms with van der Waals surface area (Å²) in [6.45, 7) is 3.06. The van der Waals surface area contributed by atoms with Gasteiger partial charge in [0.25, 0.3) is 0 Å². The fourth-order valence-electron chi connectivity index (χ4n) is 2.60. The number of amides is 5. The molecule has 0 aliphatic rings. The lowest BCUT2D eigenvalue weighted by molar-refractivity contribution is -0.141. The molecule has 212 valence electrons. The van der Waals surface area contributed by atoms with E-state index in [-0.39, 0.29) is 17.4 Å². The minimum atomic E-state index is -1.53. The number of carboxylic acids is 1. The molecule has 0 saturated carbocycles. The van der Waals surface area contributed by atoms with Gasteiger partial charge in [-0.1, -0.05) is 13.8 Å². The number of rotatable bonds is 16. The van der Waals surface area contributed by atoms with Crippen LogP contribution in [0.15, 0.2) is 0 Å². The van der Waals surface area contributed by atoms with Crippen LogP contribution < -0.4 is 32.3 Å². The van der Waals surface area contributed by atoms with Crippen molar-refractivity contribution in [2.45, 2.75) is 57.1 Å². The number of aliphatic hydroxyl groups excluding tert-OH is 2. The number of hydrogen-bond acceptors (Lipinski definition) is 11. The molecule has 17 heteroatoms. The predicted octanol–water partition coefficient (Wildman–Crippen LogP) is -4.66. The summed E-state index contributed by atoms with van der Waals surface area (Å²) in [7, 11) is 0. The van der Waals surface area contributed by atoms with Gasteiger partial charge in [-0.15, -0.1) is 0 Å². The van der Waals surface area contributed by atoms with Crippen LogP contribution in [0.5, 0.6) is 0 Å². The van der Waals surface area contributed by atoms with Crippen LogP contribution in [-0.4, -0.2) is 112 Å². The average molecular weight is 569 g/mol. The van der Waals surface area contributed by atoms with Crippen LogP contribution in [0.2, 0.25) is 0 Å². The first kappa shape index (κ1) is 34.4. The monoisotopic (exact) mass is 568 g/mol. The molecule has 6 unspecified atom stereocenters. The van der Waals surface area contributed by atoms with E-state index in [0.29, 0.717) is 0 Å². The highest BCUT2D eigenvalue weighted by molar-refractivity contribution is 7.80. The Balaban J connectivity index is 5.06. The molecule has 0 aliphatic carbocycles. The van der Waals surface area contributed by atoms with Gasteiger partial charge in [0.2, 0.25) is 29.5 Å². The standard InChI is InChI=1S/C20H36N6O9S2/c1-8(2)14(21)18(32)24-11(6-36)17(31)26-15(9(3)28)19(33)22-4-13(29)23-10(5-27)16(30)25-12(7-37)20(34)35/h8-12,14-15,27-28,36-37H,4-7,21H2,1-3H3,(H,22,33)(H,23,29)(H,24,32)(H,25,30)(H,26,31)(H,34,35). The summed E-state index contributed by atoms with van der Waals surface area (Å²) in [5.74, 6) is -6.28. The molecule has 0 aromatic rings. The first-order valence-corrected chi connectivity index (χ1v) is 12.4. The first-order valence-electron chi connectivity index (χ1n) is 11.2. The largest absolute Gasteiger partial charge is 0.480 e. The SMILES string of the molecule is CC(C)C(N)C(=O)NC(CS)C(=O)NC(C(=O)NCC(=O)NC(CO)C(=O)NC(CS)C(=O)O)C(C)O. The number of aliphatic hydroxyl groups is 2. The van der Waals surface area contributed by atoms with E-state index >= 15 is 0 Å². The van der Waals surface area contributed by atoms with E-state index in [1.807, 2.05) is 0 Å². The molecular formula is C20H36N6O9S2. The Morgan fingerprint density at radius 2 is 1.30 bits per heavy atom. The van der Waals surface area contributed by atoms with E-state index in [0.717, 1.165) is 0 Å². The van der Waals surface area contributed by atoms with Gasteiger partial charge in [-0.05, 0) is 12.8 Å². The zero-order valence-corrected chi connectivity index (χ0v) is 22.4. The maximum Gasteiger partial charge on any atom is 0.327 e. The summed E-state index contributed by atoms with van der Waals surface area (Å²) >= 11 is 7.81. The van der Waals surface area contributed by atoms with Crippen LogP contribution in [0.25, 0.3) is 0 Å². The topological polar surface area (TPSA) is 249 Å². The summed E-state index contributed by atoms with van der Waals surface area (Å²) in [6.07, 6.45) is -1.41. The lowest BCUT2D eigenvalue weighted by atomic mass is 10.0. The van der Waals surface area contributed by atoms with E-state index in [1.54, 1.807) is 13.8 Å². The van der Waals surface area contributed by atoms with Crippen LogP contribution in [0.1, 0.15) is 20.8 Å². The maximum atomic E-state index is 12.6. The normalized spacial score (nSPS) is 15.8. The minimum Gasteiger partial charge on any atom is -0.480 e. The molecule has 0 rings (SSSR count). The van der Waals surface area contributed by atoms with Crippen LogP contribution in [0, 0.1) is 5.92 Å². The van der Waals surface area contributed by atoms with Crippen molar-refractivity contribution in [3.8, 4) is 0 Å². The molecule has 0 bridgehead atoms. The van der Waals surface area contributed by atoms with Crippen molar-refractivity contribution < 1.29 is 44.1 Å². The van der Waals surface area contributed by atoms with E-state index in [2.05, 4.69) is 51.8 Å². The number of nitrogens with one attached hydrogen (secondary N) is 5. The van der Waals surface area contributed by atoms with Crippen LogP contribution in [0.4, 0.5) is 0 Å². The number of hydrogen-bond donors (Lipinski definition) is 11. The van der Waals surface area contributed by atoms with Crippen LogP contribution in [0.3, 0.4) is 0 Å². The van der Waals surface area contributed by atoms with Gasteiger partial charge >= 0.3 is 5.97 Å². The number of thiol groups is 2. The number of aliphatic carboxylic acids is 1. The zero-order valence-electron chi connectivity index (χ0n) is 20.6. The van der Waals surface area contributed by atoms with E-state index in [1.165, 1.54) is 6.92 Å². The molecule has 10 N–H and O–H groups in total. The highest BCUT2D eigenvalue weighted by Gasteiger charge is 2.31. The van der Waals surface area contributed by atoms with Gasteiger partial charge in [0, 0.05) is 11.5 Å². The molecule has 0 aromatic carbocycles. The Labute approximate surface area is 224 Å². The van der Waals surface area contributed by atoms with Gasteiger partial charge in [-0.2, -0.15) is 25.3 Å². The Kier molecular flexibility index (Phi) is 15.8. The van der Waals surface area contributed by atoms with Crippen molar-refractivity contribution in [3.63, 3.8) is 0 Å². The number of carbonyl (C=O) groups excluding carboxylic acids is 5. The second kappa shape index (κ2) is 17.0. The molecular weight excluding hydrogens is 532 g/mol. The first-order chi connectivity index (χ1) is 17.2. The smallest absolute Gasteiger partial charge is 0.327 e. The van der Waals surface area contributed by atoms with Gasteiger partial charge in [-0.3, -0.25) is 24.0 Å². The van der Waals surface area contributed by atoms with Crippen molar-refractivity contribution >= 4 is 60.8 Å². The number of nitrogens with two attached hydrogens (primary N) is 1. The number of carbonyl (C=O) groups is 6. The molecule has 5 amide bonds. The van der Waals surface area contributed by atoms with Crippen LogP contribution in [-0.2, 0) is 28.8 Å². The van der Waals surface area contributed by atoms with Crippen molar-refractivity contribution in [1.82, 2.24) is 26.6 Å². The minimum absolute atomic E-state index is 0.139. The molecule has 0 spiro atoms. The highest BCUT2D eigenvalue weighted by Crippen LogP contribution is 2.01. The Morgan fingerprint density at radius 1 is 0.784 bits per heavy atom. The predicted molar refractivity (Wildman–Crippen MR) is 138 cm³/mol. The molecule has 0 fully saturated rings. The van der Waals surface area contributed by atoms with Gasteiger partial charge in [-0.25, -0.2) is 4.79 Å². The third-order valence-corrected chi connectivity index (χ3v) is 5.68. The maximum absolute atomic E-state index is 12.6. The highest BCUT2D eigenvalue weighted by atomic mass is 32.1. The molecule has 15 nitrogen and oxygen atoms in total. The lowest BCUT2D eigenvalue weighted by Gasteiger charge is -2.25. The summed E-state index contributed by atoms with van der Waals surface area (Å²) in [4.78, 5) is 72.5. The Hall–Kier alpha value is -2.60. The van der Waals surface area contributed by atoms with Crippen LogP contribution >= 0.6 is 25.3 Å². The van der Waals surface area contributed by atoms with Crippen molar-refractivity contribution in [3.05, 3.63) is 0 Å². The zero-order chi connectivity index (χ0) is 28.9. The summed E-state index contributed by atoms with van der Waals surface area (Å²) in [6, 6.07) is -6.46. The molecule has 0 radical (unpaired) electrons. The Bertz CT molecular complexity index is 830. The average Bonchev–Trinajstić information content (AvgIpc) is 2.84. The number of carboxylic acid groups (broad SMARTS) is 1. The molecule has 6 atom stereocenters. The fraction of sp³-hybridized carbons (Fsp3) is 0.700. The summed E-state index contributed by atoms with van der Waals surface area (Å²) in [5, 5.41) is 39.3. The Morgan fingerprint density at radius 3 is 1.73 bits per heavy atom. The van der Waals surface area contributed by atoms with Gasteiger partial charge in [0.1, 0.15) is 24.2 Å². The van der Waals surface area contributed by atoms with Gasteiger partial charge < -0.3 is 47.6 Å². The van der Waals surface area contributed by atoms with Gasteiger partial charge in [0.05, 0.1) is 25.3 Å². The third kappa shape index (κ3) is 12.0. The summed E-state index contributed by atoms with van der Waals surface area (Å²) in [5.41, 5.74) is 5.75. The molecule has 37 heavy (non-hydrogen) atoms. The van der Waals surface area contributed by atoms with Crippen molar-refractivity contribution in [1.29, 1.82) is 0 Å². The fourth-order valence-corrected chi connectivity index (χ4v) is 3.10. The lowest BCUT2D eigenvalue weighted by Crippen LogP contribution is -2.60. The quantitative estimate of drug-likeness (QED) is 0.0794. The second-order valence-corrected chi connectivity index (χ2v) is 9.07. The van der Waals surface area contributed by atoms with E-state index in [9.17, 15) is 39.0 Å². The third-order valence-electron chi connectivity index (χ3n) is 4.95. The molecule has 0 aromatic heterocycles. The van der Waals surface area contributed by atoms with E-state index < -0.39 is 85.0 Å². The second-order valence-electron chi connectivity index (χ2n) is 8.34. The molecule has 0 aliphatic heterocycles. The molecule has 0 heterocycles. The van der Waals surface area contributed by atoms with Crippen molar-refractivity contribution in [2.75, 3.05) is 24.7 Å². The van der Waals surface area contributed by atoms with Gasteiger partial charge in [0.15, 0.2) is 0 Å². The molecule has 0 saturated heterocycles.